The van der Waals surface area contributed by atoms with Gasteiger partial charge in [0.1, 0.15) is 5.76 Å². The highest BCUT2D eigenvalue weighted by Gasteiger charge is 2.36. The van der Waals surface area contributed by atoms with E-state index in [0.29, 0.717) is 31.4 Å². The first kappa shape index (κ1) is 25.1. The van der Waals surface area contributed by atoms with E-state index in [2.05, 4.69) is 27.2 Å². The zero-order chi connectivity index (χ0) is 25.9. The highest BCUT2D eigenvalue weighted by Crippen LogP contribution is 2.33. The number of benzene rings is 1. The largest absolute Gasteiger partial charge is 0.361 e. The molecule has 0 N–H and O–H groups in total. The van der Waals surface area contributed by atoms with Gasteiger partial charge in [-0.05, 0) is 62.4 Å². The predicted octanol–water partition coefficient (Wildman–Crippen LogP) is 4.05. The summed E-state index contributed by atoms with van der Waals surface area (Å²) in [5.41, 5.74) is 4.71. The molecule has 3 aromatic rings. The van der Waals surface area contributed by atoms with Crippen molar-refractivity contribution in [3.05, 3.63) is 76.9 Å². The number of pyridine rings is 1. The fraction of sp³-hybridized carbons (Fsp3) is 0.448. The maximum absolute atomic E-state index is 13.8. The first-order valence-electron chi connectivity index (χ1n) is 13.1. The Morgan fingerprint density at radius 1 is 1.03 bits per heavy atom. The van der Waals surface area contributed by atoms with Gasteiger partial charge in [-0.25, -0.2) is 0 Å². The fourth-order valence-corrected chi connectivity index (χ4v) is 5.84. The average molecular weight is 502 g/mol. The van der Waals surface area contributed by atoms with Crippen molar-refractivity contribution in [1.29, 1.82) is 0 Å². The highest BCUT2D eigenvalue weighted by atomic mass is 16.5. The quantitative estimate of drug-likeness (QED) is 0.537. The number of rotatable bonds is 4. The van der Waals surface area contributed by atoms with Gasteiger partial charge >= 0.3 is 0 Å². The third-order valence-corrected chi connectivity index (χ3v) is 7.89. The molecule has 2 unspecified atom stereocenters. The summed E-state index contributed by atoms with van der Waals surface area (Å²) in [7, 11) is 0. The molecule has 2 aromatic heterocycles. The van der Waals surface area contributed by atoms with E-state index in [1.165, 1.54) is 5.56 Å². The van der Waals surface area contributed by atoms with E-state index in [4.69, 9.17) is 4.52 Å². The summed E-state index contributed by atoms with van der Waals surface area (Å²) in [6.45, 7) is 7.91. The second kappa shape index (κ2) is 10.8. The molecule has 2 atom stereocenters. The Morgan fingerprint density at radius 3 is 2.51 bits per heavy atom. The van der Waals surface area contributed by atoms with Gasteiger partial charge in [0.15, 0.2) is 0 Å². The van der Waals surface area contributed by atoms with Gasteiger partial charge in [-0.3, -0.25) is 19.5 Å². The van der Waals surface area contributed by atoms with Gasteiger partial charge in [-0.1, -0.05) is 23.4 Å². The smallest absolute Gasteiger partial charge is 0.227 e. The zero-order valence-corrected chi connectivity index (χ0v) is 21.9. The minimum atomic E-state index is 0.0236. The van der Waals surface area contributed by atoms with Crippen LogP contribution < -0.4 is 4.90 Å². The first-order chi connectivity index (χ1) is 17.9. The molecule has 4 heterocycles. The van der Waals surface area contributed by atoms with Gasteiger partial charge in [-0.2, -0.15) is 0 Å². The molecule has 1 aromatic carbocycles. The van der Waals surface area contributed by atoms with Crippen molar-refractivity contribution < 1.29 is 14.1 Å². The Morgan fingerprint density at radius 2 is 1.78 bits per heavy atom. The van der Waals surface area contributed by atoms with Gasteiger partial charge in [0.05, 0.1) is 12.1 Å². The van der Waals surface area contributed by atoms with Crippen molar-refractivity contribution in [2.75, 3.05) is 18.0 Å². The van der Waals surface area contributed by atoms with E-state index >= 15 is 0 Å². The normalized spacial score (nSPS) is 20.4. The zero-order valence-electron chi connectivity index (χ0n) is 21.9. The van der Waals surface area contributed by atoms with Crippen LogP contribution in [0.25, 0.3) is 0 Å². The minimum Gasteiger partial charge on any atom is -0.361 e. The summed E-state index contributed by atoms with van der Waals surface area (Å²) in [6.07, 6.45) is 6.87. The number of hydrogen-bond donors (Lipinski definition) is 0. The van der Waals surface area contributed by atoms with Crippen molar-refractivity contribution in [3.63, 3.8) is 0 Å². The van der Waals surface area contributed by atoms with E-state index < -0.39 is 0 Å². The summed E-state index contributed by atoms with van der Waals surface area (Å²) < 4.78 is 5.33. The highest BCUT2D eigenvalue weighted by molar-refractivity contribution is 5.92. The SMILES string of the molecule is CC(=O)N1CCC2CCC(CN(C(=O)Cc3c(C)noc3C)Cc3ccccc31)N2Cc1ccncc1. The van der Waals surface area contributed by atoms with Crippen LogP contribution >= 0.6 is 0 Å². The van der Waals surface area contributed by atoms with Crippen LogP contribution in [-0.4, -0.2) is 56.9 Å². The molecule has 1 fully saturated rings. The van der Waals surface area contributed by atoms with E-state index in [-0.39, 0.29) is 24.3 Å². The second-order valence-corrected chi connectivity index (χ2v) is 10.3. The molecule has 0 spiro atoms. The summed E-state index contributed by atoms with van der Waals surface area (Å²) in [5.74, 6) is 0.757. The number of hydrogen-bond acceptors (Lipinski definition) is 6. The van der Waals surface area contributed by atoms with Crippen LogP contribution in [0.3, 0.4) is 0 Å². The number of fused-ring (bicyclic) bond motifs is 3. The van der Waals surface area contributed by atoms with Gasteiger partial charge in [0.2, 0.25) is 11.8 Å². The standard InChI is InChI=1S/C29H35N5O3/c1-20-27(21(2)37-31-20)16-29(36)32-18-24-6-4-5-7-28(24)33(22(3)35)15-12-25-8-9-26(19-32)34(25)17-23-10-13-30-14-11-23/h4-7,10-11,13-14,25-26H,8-9,12,15-19H2,1-3H3. The van der Waals surface area contributed by atoms with Crippen LogP contribution in [0.1, 0.15) is 54.3 Å². The lowest BCUT2D eigenvalue weighted by atomic mass is 10.1. The number of amides is 2. The third-order valence-electron chi connectivity index (χ3n) is 7.89. The Labute approximate surface area is 218 Å². The molecule has 2 aliphatic rings. The number of nitrogens with zero attached hydrogens (tertiary/aromatic N) is 5. The number of anilines is 1. The molecule has 8 heteroatoms. The lowest BCUT2D eigenvalue weighted by Gasteiger charge is -2.34. The molecule has 2 bridgehead atoms. The van der Waals surface area contributed by atoms with Crippen molar-refractivity contribution in [2.24, 2.45) is 0 Å². The van der Waals surface area contributed by atoms with Gasteiger partial charge in [0, 0.05) is 68.8 Å². The maximum atomic E-state index is 13.8. The second-order valence-electron chi connectivity index (χ2n) is 10.3. The average Bonchev–Trinajstić information content (AvgIpc) is 3.40. The van der Waals surface area contributed by atoms with Crippen molar-refractivity contribution in [2.45, 2.75) is 71.6 Å². The van der Waals surface area contributed by atoms with E-state index in [0.717, 1.165) is 48.3 Å². The van der Waals surface area contributed by atoms with E-state index in [9.17, 15) is 9.59 Å². The lowest BCUT2D eigenvalue weighted by Crippen LogP contribution is -2.45. The molecular formula is C29H35N5O3. The summed E-state index contributed by atoms with van der Waals surface area (Å²) in [4.78, 5) is 37.2. The van der Waals surface area contributed by atoms with Crippen LogP contribution in [0.5, 0.6) is 0 Å². The van der Waals surface area contributed by atoms with Crippen molar-refractivity contribution in [1.82, 2.24) is 19.9 Å². The van der Waals surface area contributed by atoms with Crippen LogP contribution in [0.4, 0.5) is 5.69 Å². The molecule has 0 saturated carbocycles. The molecular weight excluding hydrogens is 466 g/mol. The van der Waals surface area contributed by atoms with Crippen LogP contribution in [-0.2, 0) is 29.1 Å². The molecule has 2 amide bonds. The van der Waals surface area contributed by atoms with Crippen LogP contribution in [0.2, 0.25) is 0 Å². The molecule has 5 rings (SSSR count). The molecule has 0 aliphatic carbocycles. The molecule has 37 heavy (non-hydrogen) atoms. The summed E-state index contributed by atoms with van der Waals surface area (Å²) in [6, 6.07) is 12.7. The lowest BCUT2D eigenvalue weighted by molar-refractivity contribution is -0.132. The first-order valence-corrected chi connectivity index (χ1v) is 13.1. The molecule has 0 radical (unpaired) electrons. The van der Waals surface area contributed by atoms with Gasteiger partial charge < -0.3 is 14.3 Å². The van der Waals surface area contributed by atoms with E-state index in [1.807, 2.05) is 60.3 Å². The maximum Gasteiger partial charge on any atom is 0.227 e. The minimum absolute atomic E-state index is 0.0236. The molecule has 8 nitrogen and oxygen atoms in total. The molecule has 194 valence electrons. The number of aryl methyl sites for hydroxylation is 2. The number of carbonyl (C=O) groups is 2. The van der Waals surface area contributed by atoms with Gasteiger partial charge in [-0.15, -0.1) is 0 Å². The molecule has 1 saturated heterocycles. The number of aromatic nitrogens is 2. The number of carbonyl (C=O) groups excluding carboxylic acids is 2. The van der Waals surface area contributed by atoms with E-state index in [1.54, 1.807) is 6.92 Å². The fourth-order valence-electron chi connectivity index (χ4n) is 5.84. The monoisotopic (exact) mass is 501 g/mol. The van der Waals surface area contributed by atoms with Crippen LogP contribution in [0, 0.1) is 13.8 Å². The Bertz CT molecular complexity index is 1240. The summed E-state index contributed by atoms with van der Waals surface area (Å²) >= 11 is 0. The predicted molar refractivity (Wildman–Crippen MR) is 141 cm³/mol. The Kier molecular flexibility index (Phi) is 7.37. The molecule has 2 aliphatic heterocycles. The summed E-state index contributed by atoms with van der Waals surface area (Å²) in [5, 5.41) is 4.05. The Balaban J connectivity index is 1.51. The number of para-hydroxylation sites is 1. The van der Waals surface area contributed by atoms with Gasteiger partial charge in [0.25, 0.3) is 0 Å². The van der Waals surface area contributed by atoms with Crippen molar-refractivity contribution in [3.8, 4) is 0 Å². The van der Waals surface area contributed by atoms with Crippen LogP contribution in [0.15, 0.2) is 53.3 Å². The Hall–Kier alpha value is -3.52. The van der Waals surface area contributed by atoms with Crippen molar-refractivity contribution >= 4 is 17.5 Å². The topological polar surface area (TPSA) is 82.8 Å². The third kappa shape index (κ3) is 5.44.